The fraction of sp³-hybridized carbons (Fsp3) is 0.714. The summed E-state index contributed by atoms with van der Waals surface area (Å²) < 4.78 is 0. The minimum atomic E-state index is -0.622. The molecule has 1 N–H and O–H groups in total. The Bertz CT molecular complexity index is 108. The number of hydrogen-bond donors (Lipinski definition) is 1. The molecule has 0 atom stereocenters. The van der Waals surface area contributed by atoms with Gasteiger partial charge in [0.25, 0.3) is 0 Å². The average molecular weight is 213 g/mol. The number of carbonyl (C=O) groups is 1. The Balaban J connectivity index is 0.000000810. The molecule has 10 heavy (non-hydrogen) atoms. The molecule has 0 aromatic carbocycles. The van der Waals surface area contributed by atoms with Crippen LogP contribution >= 0.6 is 0 Å². The average Bonchev–Trinajstić information content (AvgIpc) is 1.90. The summed E-state index contributed by atoms with van der Waals surface area (Å²) in [4.78, 5) is 10.3. The molecule has 0 heterocycles. The van der Waals surface area contributed by atoms with Crippen molar-refractivity contribution in [3.05, 3.63) is 6.42 Å². The van der Waals surface area contributed by atoms with Gasteiger partial charge in [0.2, 0.25) is 0 Å². The van der Waals surface area contributed by atoms with E-state index >= 15 is 0 Å². The van der Waals surface area contributed by atoms with Gasteiger partial charge >= 0.3 is 64.2 Å². The summed E-state index contributed by atoms with van der Waals surface area (Å²) >= 11 is 0. The van der Waals surface area contributed by atoms with Crippen molar-refractivity contribution < 1.29 is 68.1 Å². The van der Waals surface area contributed by atoms with E-state index in [4.69, 9.17) is 5.11 Å². The summed E-state index contributed by atoms with van der Waals surface area (Å²) in [5, 5.41) is 8.52. The zero-order valence-corrected chi connectivity index (χ0v) is 11.3. The van der Waals surface area contributed by atoms with Crippen molar-refractivity contribution in [2.24, 2.45) is 5.92 Å². The van der Waals surface area contributed by atoms with E-state index < -0.39 is 5.97 Å². The second kappa shape index (κ2) is 5.87. The fourth-order valence-corrected chi connectivity index (χ4v) is 1.17. The zero-order chi connectivity index (χ0) is 6.69. The summed E-state index contributed by atoms with van der Waals surface area (Å²) in [5.74, 6) is -0.682. The summed E-state index contributed by atoms with van der Waals surface area (Å²) in [7, 11) is 0. The molecule has 0 aromatic rings. The number of rotatable bonds is 1. The number of carboxylic acid groups (broad SMARTS) is 1. The van der Waals surface area contributed by atoms with Crippen LogP contribution in [0.1, 0.15) is 25.7 Å². The molecule has 0 bridgehead atoms. The molecule has 52 valence electrons. The van der Waals surface area contributed by atoms with E-state index in [1.165, 1.54) is 0 Å². The van der Waals surface area contributed by atoms with Crippen molar-refractivity contribution >= 4 is 5.97 Å². The van der Waals surface area contributed by atoms with Crippen molar-refractivity contribution in [2.45, 2.75) is 25.7 Å². The Morgan fingerprint density at radius 1 is 1.40 bits per heavy atom. The minimum absolute atomic E-state index is 0. The summed E-state index contributed by atoms with van der Waals surface area (Å²) in [6.07, 6.45) is 5.82. The van der Waals surface area contributed by atoms with Crippen molar-refractivity contribution in [3.8, 4) is 0 Å². The van der Waals surface area contributed by atoms with Crippen LogP contribution in [0.25, 0.3) is 0 Å². The van der Waals surface area contributed by atoms with Gasteiger partial charge in [-0.15, -0.1) is 0 Å². The van der Waals surface area contributed by atoms with E-state index in [0.29, 0.717) is 0 Å². The zero-order valence-electron chi connectivity index (χ0n) is 6.34. The van der Waals surface area contributed by atoms with Crippen molar-refractivity contribution in [1.29, 1.82) is 0 Å². The first kappa shape index (κ1) is 11.3. The predicted molar refractivity (Wildman–Crippen MR) is 33.9 cm³/mol. The second-order valence-electron chi connectivity index (χ2n) is 2.48. The molecule has 0 amide bonds. The maximum absolute atomic E-state index is 10.3. The molecule has 0 spiro atoms. The molecule has 0 aromatic heterocycles. The van der Waals surface area contributed by atoms with Crippen LogP contribution in [-0.4, -0.2) is 11.1 Å². The Hall–Kier alpha value is 1.28. The smallest absolute Gasteiger partial charge is 0.481 e. The number of carboxylic acids is 1. The molecule has 3 heteroatoms. The van der Waals surface area contributed by atoms with E-state index in [1.807, 2.05) is 0 Å². The molecule has 1 fully saturated rings. The van der Waals surface area contributed by atoms with Crippen LogP contribution in [0.4, 0.5) is 0 Å². The van der Waals surface area contributed by atoms with Crippen molar-refractivity contribution in [1.82, 2.24) is 0 Å². The standard InChI is InChI=1S/C7H11O2.Rb/c8-7(9)6-4-2-1-3-5-6;/h1,6H,2-5H2,(H,8,9);/q-1;+1. The van der Waals surface area contributed by atoms with Gasteiger partial charge in [-0.05, 0) is 0 Å². The molecule has 1 aliphatic carbocycles. The van der Waals surface area contributed by atoms with Crippen molar-refractivity contribution in [2.75, 3.05) is 0 Å². The third-order valence-electron chi connectivity index (χ3n) is 1.79. The first-order valence-corrected chi connectivity index (χ1v) is 3.35. The Kier molecular flexibility index (Phi) is 6.61. The summed E-state index contributed by atoms with van der Waals surface area (Å²) in [6, 6.07) is 0. The molecular weight excluding hydrogens is 202 g/mol. The third kappa shape index (κ3) is 3.60. The fourth-order valence-electron chi connectivity index (χ4n) is 1.17. The maximum Gasteiger partial charge on any atom is 1.00 e. The van der Waals surface area contributed by atoms with Crippen LogP contribution in [0.2, 0.25) is 0 Å². The van der Waals surface area contributed by atoms with Gasteiger partial charge in [0.05, 0.1) is 5.92 Å². The van der Waals surface area contributed by atoms with Gasteiger partial charge in [-0.1, -0.05) is 12.8 Å². The van der Waals surface area contributed by atoms with Crippen LogP contribution in [0, 0.1) is 12.3 Å². The summed E-state index contributed by atoms with van der Waals surface area (Å²) in [5.41, 5.74) is 0. The monoisotopic (exact) mass is 212 g/mol. The molecule has 2 nitrogen and oxygen atoms in total. The molecular formula is C7H11O2Rb. The number of aliphatic carboxylic acids is 1. The van der Waals surface area contributed by atoms with Gasteiger partial charge in [0.1, 0.15) is 0 Å². The van der Waals surface area contributed by atoms with E-state index in [9.17, 15) is 4.79 Å². The SMILES string of the molecule is O=C(O)C1CC[CH-]CC1.[Rb+]. The molecule has 0 aliphatic heterocycles. The summed E-state index contributed by atoms with van der Waals surface area (Å²) in [6.45, 7) is 0. The molecule has 1 rings (SSSR count). The third-order valence-corrected chi connectivity index (χ3v) is 1.79. The maximum atomic E-state index is 10.3. The Morgan fingerprint density at radius 2 is 1.90 bits per heavy atom. The molecule has 0 saturated heterocycles. The van der Waals surface area contributed by atoms with Crippen molar-refractivity contribution in [3.63, 3.8) is 0 Å². The second-order valence-corrected chi connectivity index (χ2v) is 2.48. The normalized spacial score (nSPS) is 19.6. The Labute approximate surface area is 110 Å². The molecule has 0 unspecified atom stereocenters. The molecule has 0 radical (unpaired) electrons. The van der Waals surface area contributed by atoms with Gasteiger partial charge in [0, 0.05) is 0 Å². The first-order chi connectivity index (χ1) is 4.30. The van der Waals surface area contributed by atoms with Crippen LogP contribution in [0.5, 0.6) is 0 Å². The van der Waals surface area contributed by atoms with Gasteiger partial charge in [-0.3, -0.25) is 4.79 Å². The van der Waals surface area contributed by atoms with Gasteiger partial charge in [-0.25, -0.2) is 0 Å². The van der Waals surface area contributed by atoms with E-state index in [1.54, 1.807) is 0 Å². The largest absolute Gasteiger partial charge is 1.00 e. The topological polar surface area (TPSA) is 37.3 Å². The Morgan fingerprint density at radius 3 is 2.20 bits per heavy atom. The van der Waals surface area contributed by atoms with Gasteiger partial charge in [-0.2, -0.15) is 12.8 Å². The molecule has 1 saturated carbocycles. The van der Waals surface area contributed by atoms with Gasteiger partial charge < -0.3 is 11.5 Å². The van der Waals surface area contributed by atoms with Crippen LogP contribution in [0.3, 0.4) is 0 Å². The van der Waals surface area contributed by atoms with Crippen LogP contribution in [-0.2, 0) is 4.79 Å². The van der Waals surface area contributed by atoms with E-state index in [0.717, 1.165) is 25.7 Å². The van der Waals surface area contributed by atoms with Crippen LogP contribution < -0.4 is 58.2 Å². The minimum Gasteiger partial charge on any atom is -0.481 e. The van der Waals surface area contributed by atoms with E-state index in [-0.39, 0.29) is 64.1 Å². The first-order valence-electron chi connectivity index (χ1n) is 3.35. The van der Waals surface area contributed by atoms with Gasteiger partial charge in [0.15, 0.2) is 0 Å². The van der Waals surface area contributed by atoms with E-state index in [2.05, 4.69) is 6.42 Å². The molecule has 1 aliphatic rings. The number of hydrogen-bond acceptors (Lipinski definition) is 1. The van der Waals surface area contributed by atoms with Crippen LogP contribution in [0.15, 0.2) is 0 Å². The predicted octanol–water partition coefficient (Wildman–Crippen LogP) is -1.53. The quantitative estimate of drug-likeness (QED) is 0.536.